The van der Waals surface area contributed by atoms with Crippen molar-refractivity contribution in [1.82, 2.24) is 14.8 Å². The van der Waals surface area contributed by atoms with Gasteiger partial charge in [0.2, 0.25) is 5.88 Å². The molecule has 16 heavy (non-hydrogen) atoms. The summed E-state index contributed by atoms with van der Waals surface area (Å²) in [6, 6.07) is 4.02. The molecule has 0 aliphatic heterocycles. The van der Waals surface area contributed by atoms with Gasteiger partial charge in [-0.15, -0.1) is 0 Å². The molecule has 2 rings (SSSR count). The summed E-state index contributed by atoms with van der Waals surface area (Å²) in [5.41, 5.74) is 0. The fourth-order valence-corrected chi connectivity index (χ4v) is 1.43. The first-order valence-electron chi connectivity index (χ1n) is 4.99. The van der Waals surface area contributed by atoms with Crippen LogP contribution in [0.5, 0.6) is 11.6 Å². The van der Waals surface area contributed by atoms with Gasteiger partial charge in [0, 0.05) is 22.8 Å². The van der Waals surface area contributed by atoms with Crippen molar-refractivity contribution in [3.8, 4) is 11.6 Å². The molecule has 0 fully saturated rings. The van der Waals surface area contributed by atoms with Crippen molar-refractivity contribution in [3.05, 3.63) is 35.2 Å². The van der Waals surface area contributed by atoms with Crippen molar-refractivity contribution in [1.29, 1.82) is 0 Å². The molecule has 0 radical (unpaired) electrons. The van der Waals surface area contributed by atoms with Crippen LogP contribution in [0.25, 0.3) is 0 Å². The maximum atomic E-state index is 5.55. The molecule has 0 saturated heterocycles. The Morgan fingerprint density at radius 1 is 1.31 bits per heavy atom. The van der Waals surface area contributed by atoms with Crippen LogP contribution in [-0.2, 0) is 0 Å². The molecule has 0 unspecified atom stereocenters. The third-order valence-corrected chi connectivity index (χ3v) is 2.50. The number of nitrogens with zero attached hydrogens (tertiary/aromatic N) is 3. The third kappa shape index (κ3) is 2.61. The second kappa shape index (κ2) is 4.65. The van der Waals surface area contributed by atoms with Gasteiger partial charge >= 0.3 is 0 Å². The fourth-order valence-electron chi connectivity index (χ4n) is 1.20. The van der Waals surface area contributed by atoms with Gasteiger partial charge in [0.05, 0.1) is 12.4 Å². The zero-order valence-corrected chi connectivity index (χ0v) is 10.7. The molecule has 0 atom stereocenters. The SMILES string of the molecule is CC(C)n1cc(Oc2ccc(Br)cn2)cn1. The van der Waals surface area contributed by atoms with Gasteiger partial charge in [-0.25, -0.2) is 4.98 Å². The molecule has 5 heteroatoms. The van der Waals surface area contributed by atoms with Crippen molar-refractivity contribution in [2.45, 2.75) is 19.9 Å². The number of rotatable bonds is 3. The highest BCUT2D eigenvalue weighted by atomic mass is 79.9. The second-order valence-corrected chi connectivity index (χ2v) is 4.58. The predicted molar refractivity (Wildman–Crippen MR) is 64.6 cm³/mol. The van der Waals surface area contributed by atoms with Gasteiger partial charge in [-0.3, -0.25) is 4.68 Å². The van der Waals surface area contributed by atoms with Gasteiger partial charge < -0.3 is 4.74 Å². The van der Waals surface area contributed by atoms with E-state index in [4.69, 9.17) is 4.74 Å². The molecule has 2 heterocycles. The molecule has 2 aromatic rings. The molecule has 4 nitrogen and oxygen atoms in total. The number of ether oxygens (including phenoxy) is 1. The Balaban J connectivity index is 2.11. The molecule has 0 spiro atoms. The highest BCUT2D eigenvalue weighted by Gasteiger charge is 2.04. The minimum absolute atomic E-state index is 0.329. The van der Waals surface area contributed by atoms with Crippen LogP contribution >= 0.6 is 15.9 Å². The van der Waals surface area contributed by atoms with Gasteiger partial charge in [-0.1, -0.05) is 0 Å². The monoisotopic (exact) mass is 281 g/mol. The Hall–Kier alpha value is -1.36. The van der Waals surface area contributed by atoms with E-state index in [2.05, 4.69) is 39.9 Å². The van der Waals surface area contributed by atoms with E-state index in [1.807, 2.05) is 16.9 Å². The molecule has 0 amide bonds. The van der Waals surface area contributed by atoms with E-state index < -0.39 is 0 Å². The third-order valence-electron chi connectivity index (χ3n) is 2.03. The summed E-state index contributed by atoms with van der Waals surface area (Å²) in [6.45, 7) is 4.13. The lowest BCUT2D eigenvalue weighted by molar-refractivity contribution is 0.459. The zero-order chi connectivity index (χ0) is 11.5. The Morgan fingerprint density at radius 3 is 2.69 bits per heavy atom. The fraction of sp³-hybridized carbons (Fsp3) is 0.273. The molecule has 0 bridgehead atoms. The number of pyridine rings is 1. The first kappa shape index (κ1) is 11.1. The Kier molecular flexibility index (Phi) is 3.24. The Morgan fingerprint density at radius 2 is 2.12 bits per heavy atom. The van der Waals surface area contributed by atoms with Crippen LogP contribution in [0.1, 0.15) is 19.9 Å². The van der Waals surface area contributed by atoms with Crippen LogP contribution in [0.4, 0.5) is 0 Å². The highest BCUT2D eigenvalue weighted by molar-refractivity contribution is 9.10. The lowest BCUT2D eigenvalue weighted by atomic mass is 10.4. The predicted octanol–water partition coefficient (Wildman–Crippen LogP) is 3.41. The maximum absolute atomic E-state index is 5.55. The maximum Gasteiger partial charge on any atom is 0.219 e. The van der Waals surface area contributed by atoms with E-state index in [9.17, 15) is 0 Å². The summed E-state index contributed by atoms with van der Waals surface area (Å²) in [6.07, 6.45) is 5.24. The van der Waals surface area contributed by atoms with E-state index in [1.165, 1.54) is 0 Å². The molecular formula is C11H12BrN3O. The smallest absolute Gasteiger partial charge is 0.219 e. The van der Waals surface area contributed by atoms with Gasteiger partial charge in [0.1, 0.15) is 0 Å². The summed E-state index contributed by atoms with van der Waals surface area (Å²) < 4.78 is 8.32. The molecule has 2 aromatic heterocycles. The van der Waals surface area contributed by atoms with Crippen LogP contribution in [0.3, 0.4) is 0 Å². The summed E-state index contributed by atoms with van der Waals surface area (Å²) in [5.74, 6) is 1.26. The average molecular weight is 282 g/mol. The molecule has 84 valence electrons. The highest BCUT2D eigenvalue weighted by Crippen LogP contribution is 2.20. The quantitative estimate of drug-likeness (QED) is 0.866. The lowest BCUT2D eigenvalue weighted by Crippen LogP contribution is -1.99. The number of hydrogen-bond acceptors (Lipinski definition) is 3. The van der Waals surface area contributed by atoms with Gasteiger partial charge in [-0.2, -0.15) is 5.10 Å². The van der Waals surface area contributed by atoms with Gasteiger partial charge in [-0.05, 0) is 35.8 Å². The van der Waals surface area contributed by atoms with Gasteiger partial charge in [0.25, 0.3) is 0 Å². The molecule has 0 aliphatic carbocycles. The minimum Gasteiger partial charge on any atom is -0.436 e. The molecule has 0 saturated carbocycles. The number of aromatic nitrogens is 3. The largest absolute Gasteiger partial charge is 0.436 e. The topological polar surface area (TPSA) is 39.9 Å². The Bertz CT molecular complexity index is 464. The van der Waals surface area contributed by atoms with Crippen molar-refractivity contribution in [2.24, 2.45) is 0 Å². The van der Waals surface area contributed by atoms with Crippen LogP contribution in [-0.4, -0.2) is 14.8 Å². The second-order valence-electron chi connectivity index (χ2n) is 3.67. The van der Waals surface area contributed by atoms with Crippen molar-refractivity contribution >= 4 is 15.9 Å². The van der Waals surface area contributed by atoms with Crippen molar-refractivity contribution in [2.75, 3.05) is 0 Å². The van der Waals surface area contributed by atoms with E-state index in [1.54, 1.807) is 18.5 Å². The van der Waals surface area contributed by atoms with Crippen molar-refractivity contribution < 1.29 is 4.74 Å². The minimum atomic E-state index is 0.329. The van der Waals surface area contributed by atoms with E-state index in [0.717, 1.165) is 4.47 Å². The first-order chi connectivity index (χ1) is 7.65. The average Bonchev–Trinajstić information content (AvgIpc) is 2.70. The van der Waals surface area contributed by atoms with Crippen molar-refractivity contribution in [3.63, 3.8) is 0 Å². The molecule has 0 aromatic carbocycles. The number of halogens is 1. The van der Waals surface area contributed by atoms with Crippen LogP contribution in [0.15, 0.2) is 35.2 Å². The van der Waals surface area contributed by atoms with E-state index in [-0.39, 0.29) is 0 Å². The summed E-state index contributed by atoms with van der Waals surface area (Å²) in [4.78, 5) is 4.12. The van der Waals surface area contributed by atoms with E-state index >= 15 is 0 Å². The lowest BCUT2D eigenvalue weighted by Gasteiger charge is -2.03. The molecule has 0 N–H and O–H groups in total. The molecule has 0 aliphatic rings. The van der Waals surface area contributed by atoms with E-state index in [0.29, 0.717) is 17.7 Å². The van der Waals surface area contributed by atoms with Crippen LogP contribution in [0.2, 0.25) is 0 Å². The van der Waals surface area contributed by atoms with Gasteiger partial charge in [0.15, 0.2) is 5.75 Å². The Labute approximate surface area is 102 Å². The van der Waals surface area contributed by atoms with Crippen LogP contribution in [0, 0.1) is 0 Å². The number of hydrogen-bond donors (Lipinski definition) is 0. The first-order valence-corrected chi connectivity index (χ1v) is 5.78. The van der Waals surface area contributed by atoms with Crippen LogP contribution < -0.4 is 4.74 Å². The summed E-state index contributed by atoms with van der Waals surface area (Å²) >= 11 is 3.32. The standard InChI is InChI=1S/C11H12BrN3O/c1-8(2)15-7-10(6-14-15)16-11-4-3-9(12)5-13-11/h3-8H,1-2H3. The summed E-state index contributed by atoms with van der Waals surface area (Å²) in [7, 11) is 0. The normalized spacial score (nSPS) is 10.8. The molecular weight excluding hydrogens is 270 g/mol. The summed E-state index contributed by atoms with van der Waals surface area (Å²) in [5, 5.41) is 4.18. The zero-order valence-electron chi connectivity index (χ0n) is 9.09.